The topological polar surface area (TPSA) is 46.6 Å². The largest absolute Gasteiger partial charge is 0.469 e. The standard InChI is InChI=1S/C18H27NO3/c1-16-5-12-6-17(2,9-16)11-18(7-12,10-16)19-8-13(4-14(19)20)15(21)22-3/h12-13H,4-11H2,1-3H3. The molecular weight excluding hydrogens is 278 g/mol. The van der Waals surface area contributed by atoms with Crippen LogP contribution < -0.4 is 0 Å². The number of likely N-dealkylation sites (tertiary alicyclic amines) is 1. The van der Waals surface area contributed by atoms with Gasteiger partial charge in [0, 0.05) is 18.5 Å². The average molecular weight is 305 g/mol. The summed E-state index contributed by atoms with van der Waals surface area (Å²) in [6, 6.07) is 0. The van der Waals surface area contributed by atoms with E-state index in [2.05, 4.69) is 18.7 Å². The van der Waals surface area contributed by atoms with Gasteiger partial charge in [0.15, 0.2) is 0 Å². The SMILES string of the molecule is COC(=O)C1CC(=O)N(C23CC4CC(C)(CC(C)(C4)C2)C3)C1. The van der Waals surface area contributed by atoms with Gasteiger partial charge in [-0.15, -0.1) is 0 Å². The molecule has 1 aliphatic heterocycles. The van der Waals surface area contributed by atoms with Gasteiger partial charge in [-0.1, -0.05) is 13.8 Å². The van der Waals surface area contributed by atoms with Crippen molar-refractivity contribution in [2.75, 3.05) is 13.7 Å². The van der Waals surface area contributed by atoms with Crippen molar-refractivity contribution in [3.63, 3.8) is 0 Å². The summed E-state index contributed by atoms with van der Waals surface area (Å²) in [5.74, 6) is 0.449. The molecule has 5 rings (SSSR count). The molecule has 0 radical (unpaired) electrons. The van der Waals surface area contributed by atoms with Gasteiger partial charge in [-0.2, -0.15) is 0 Å². The number of carbonyl (C=O) groups is 2. The van der Waals surface area contributed by atoms with E-state index in [0.29, 0.717) is 23.8 Å². The summed E-state index contributed by atoms with van der Waals surface area (Å²) in [6.07, 6.45) is 7.71. The summed E-state index contributed by atoms with van der Waals surface area (Å²) in [4.78, 5) is 26.6. The molecule has 4 nitrogen and oxygen atoms in total. The van der Waals surface area contributed by atoms with Crippen LogP contribution in [0, 0.1) is 22.7 Å². The molecular formula is C18H27NO3. The van der Waals surface area contributed by atoms with Crippen LogP contribution in [0.3, 0.4) is 0 Å². The molecule has 4 heteroatoms. The fraction of sp³-hybridized carbons (Fsp3) is 0.889. The zero-order chi connectivity index (χ0) is 15.8. The fourth-order valence-electron chi connectivity index (χ4n) is 7.18. The number of hydrogen-bond acceptors (Lipinski definition) is 3. The van der Waals surface area contributed by atoms with Gasteiger partial charge >= 0.3 is 5.97 Å². The monoisotopic (exact) mass is 305 g/mol. The number of hydrogen-bond donors (Lipinski definition) is 0. The average Bonchev–Trinajstić information content (AvgIpc) is 2.76. The molecule has 1 heterocycles. The minimum absolute atomic E-state index is 0.0166. The van der Waals surface area contributed by atoms with Gasteiger partial charge in [0.05, 0.1) is 13.0 Å². The first-order valence-electron chi connectivity index (χ1n) is 8.65. The maximum absolute atomic E-state index is 12.6. The molecule has 0 spiro atoms. The van der Waals surface area contributed by atoms with Crippen molar-refractivity contribution in [3.05, 3.63) is 0 Å². The second kappa shape index (κ2) is 4.27. The number of ether oxygens (including phenoxy) is 1. The van der Waals surface area contributed by atoms with Crippen LogP contribution in [0.5, 0.6) is 0 Å². The van der Waals surface area contributed by atoms with Crippen molar-refractivity contribution >= 4 is 11.9 Å². The number of esters is 1. The number of carbonyl (C=O) groups excluding carboxylic acids is 2. The van der Waals surface area contributed by atoms with Crippen LogP contribution >= 0.6 is 0 Å². The van der Waals surface area contributed by atoms with E-state index in [0.717, 1.165) is 25.2 Å². The molecule has 4 bridgehead atoms. The smallest absolute Gasteiger partial charge is 0.310 e. The fourth-order valence-corrected chi connectivity index (χ4v) is 7.18. The number of nitrogens with zero attached hydrogens (tertiary/aromatic N) is 1. The van der Waals surface area contributed by atoms with E-state index in [-0.39, 0.29) is 23.3 Å². The van der Waals surface area contributed by atoms with Crippen LogP contribution in [0.25, 0.3) is 0 Å². The zero-order valence-electron chi connectivity index (χ0n) is 14.0. The maximum atomic E-state index is 12.6. The number of rotatable bonds is 2. The van der Waals surface area contributed by atoms with E-state index in [1.165, 1.54) is 26.4 Å². The third-order valence-corrected chi connectivity index (χ3v) is 6.83. The summed E-state index contributed by atoms with van der Waals surface area (Å²) in [6.45, 7) is 5.41. The summed E-state index contributed by atoms with van der Waals surface area (Å²) in [5, 5.41) is 0. The summed E-state index contributed by atoms with van der Waals surface area (Å²) in [5.41, 5.74) is 0.790. The Hall–Kier alpha value is -1.06. The van der Waals surface area contributed by atoms with E-state index in [4.69, 9.17) is 4.74 Å². The van der Waals surface area contributed by atoms with Gasteiger partial charge in [-0.25, -0.2) is 0 Å². The van der Waals surface area contributed by atoms with Crippen LogP contribution in [0.1, 0.15) is 58.8 Å². The van der Waals surface area contributed by atoms with Crippen LogP contribution in [-0.2, 0) is 14.3 Å². The molecule has 4 aliphatic carbocycles. The Kier molecular flexibility index (Phi) is 2.82. The summed E-state index contributed by atoms with van der Waals surface area (Å²) < 4.78 is 4.87. The summed E-state index contributed by atoms with van der Waals surface area (Å²) >= 11 is 0. The van der Waals surface area contributed by atoms with Gasteiger partial charge in [-0.3, -0.25) is 9.59 Å². The van der Waals surface area contributed by atoms with Crippen molar-refractivity contribution in [1.82, 2.24) is 4.90 Å². The quantitative estimate of drug-likeness (QED) is 0.737. The Morgan fingerprint density at radius 2 is 1.77 bits per heavy atom. The minimum atomic E-state index is -0.258. The molecule has 5 aliphatic rings. The molecule has 1 saturated heterocycles. The second-order valence-electron chi connectivity index (χ2n) is 9.28. The van der Waals surface area contributed by atoms with Gasteiger partial charge in [0.2, 0.25) is 5.91 Å². The molecule has 1 amide bonds. The Morgan fingerprint density at radius 1 is 1.14 bits per heavy atom. The first kappa shape index (κ1) is 14.5. The highest BCUT2D eigenvalue weighted by molar-refractivity contribution is 5.87. The van der Waals surface area contributed by atoms with Crippen LogP contribution in [0.15, 0.2) is 0 Å². The van der Waals surface area contributed by atoms with Crippen molar-refractivity contribution in [3.8, 4) is 0 Å². The van der Waals surface area contributed by atoms with Gasteiger partial charge in [0.25, 0.3) is 0 Å². The van der Waals surface area contributed by atoms with Crippen molar-refractivity contribution in [2.45, 2.75) is 64.3 Å². The third-order valence-electron chi connectivity index (χ3n) is 6.83. The molecule has 0 aromatic carbocycles. The lowest BCUT2D eigenvalue weighted by atomic mass is 9.42. The van der Waals surface area contributed by atoms with E-state index < -0.39 is 0 Å². The van der Waals surface area contributed by atoms with Gasteiger partial charge in [0.1, 0.15) is 0 Å². The Morgan fingerprint density at radius 3 is 2.32 bits per heavy atom. The molecule has 5 fully saturated rings. The van der Waals surface area contributed by atoms with Crippen molar-refractivity contribution < 1.29 is 14.3 Å². The molecule has 122 valence electrons. The lowest BCUT2D eigenvalue weighted by Gasteiger charge is -2.67. The van der Waals surface area contributed by atoms with E-state index in [1.54, 1.807) is 0 Å². The molecule has 0 aromatic rings. The Bertz CT molecular complexity index is 524. The summed E-state index contributed by atoms with van der Waals surface area (Å²) in [7, 11) is 1.42. The van der Waals surface area contributed by atoms with Crippen LogP contribution in [-0.4, -0.2) is 36.0 Å². The molecule has 0 aromatic heterocycles. The molecule has 3 unspecified atom stereocenters. The van der Waals surface area contributed by atoms with E-state index in [1.807, 2.05) is 0 Å². The first-order valence-corrected chi connectivity index (χ1v) is 8.65. The number of methoxy groups -OCH3 is 1. The first-order chi connectivity index (χ1) is 10.3. The minimum Gasteiger partial charge on any atom is -0.469 e. The highest BCUT2D eigenvalue weighted by atomic mass is 16.5. The van der Waals surface area contributed by atoms with Crippen LogP contribution in [0.2, 0.25) is 0 Å². The van der Waals surface area contributed by atoms with Crippen molar-refractivity contribution in [2.24, 2.45) is 22.7 Å². The van der Waals surface area contributed by atoms with Crippen LogP contribution in [0.4, 0.5) is 0 Å². The molecule has 22 heavy (non-hydrogen) atoms. The zero-order valence-corrected chi connectivity index (χ0v) is 14.0. The Balaban J connectivity index is 1.65. The van der Waals surface area contributed by atoms with E-state index >= 15 is 0 Å². The predicted molar refractivity (Wildman–Crippen MR) is 82.0 cm³/mol. The van der Waals surface area contributed by atoms with Crippen molar-refractivity contribution in [1.29, 1.82) is 0 Å². The van der Waals surface area contributed by atoms with E-state index in [9.17, 15) is 9.59 Å². The molecule has 4 saturated carbocycles. The lowest BCUT2D eigenvalue weighted by molar-refractivity contribution is -0.170. The van der Waals surface area contributed by atoms with Gasteiger partial charge < -0.3 is 9.64 Å². The normalized spacial score (nSPS) is 49.8. The Labute approximate surface area is 132 Å². The third kappa shape index (κ3) is 1.95. The highest BCUT2D eigenvalue weighted by Gasteiger charge is 2.63. The second-order valence-corrected chi connectivity index (χ2v) is 9.28. The maximum Gasteiger partial charge on any atom is 0.310 e. The predicted octanol–water partition coefficient (Wildman–Crippen LogP) is 2.76. The molecule has 3 atom stereocenters. The molecule has 0 N–H and O–H groups in total. The highest BCUT2D eigenvalue weighted by Crippen LogP contribution is 2.68. The number of amides is 1. The lowest BCUT2D eigenvalue weighted by Crippen LogP contribution is -2.65. The van der Waals surface area contributed by atoms with Gasteiger partial charge in [-0.05, 0) is 55.3 Å².